The van der Waals surface area contributed by atoms with Gasteiger partial charge in [-0.3, -0.25) is 0 Å². The Morgan fingerprint density at radius 3 is 2.60 bits per heavy atom. The van der Waals surface area contributed by atoms with Gasteiger partial charge in [0, 0.05) is 11.6 Å². The maximum atomic E-state index is 10.9. The fraction of sp³-hybridized carbons (Fsp3) is 0.333. The van der Waals surface area contributed by atoms with Gasteiger partial charge >= 0.3 is 5.97 Å². The molecule has 2 rings (SSSR count). The maximum Gasteiger partial charge on any atom is 0.374 e. The molecule has 0 fully saturated rings. The Bertz CT molecular complexity index is 643. The van der Waals surface area contributed by atoms with Gasteiger partial charge in [0.1, 0.15) is 11.4 Å². The lowest BCUT2D eigenvalue weighted by Gasteiger charge is -2.16. The number of nitrogens with zero attached hydrogens (tertiary/aromatic N) is 1. The average molecular weight is 275 g/mol. The Kier molecular flexibility index (Phi) is 3.79. The van der Waals surface area contributed by atoms with Crippen molar-refractivity contribution in [2.75, 3.05) is 7.11 Å². The largest absolute Gasteiger partial charge is 0.496 e. The van der Waals surface area contributed by atoms with Crippen LogP contribution in [0.2, 0.25) is 0 Å². The second-order valence-corrected chi connectivity index (χ2v) is 4.92. The predicted octanol–water partition coefficient (Wildman–Crippen LogP) is 3.48. The molecule has 0 aliphatic heterocycles. The van der Waals surface area contributed by atoms with Gasteiger partial charge in [0.25, 0.3) is 0 Å². The molecular weight excluding hydrogens is 258 g/mol. The number of carboxylic acids is 1. The first-order valence-corrected chi connectivity index (χ1v) is 6.33. The van der Waals surface area contributed by atoms with Crippen LogP contribution in [-0.2, 0) is 0 Å². The van der Waals surface area contributed by atoms with Crippen molar-refractivity contribution in [1.82, 2.24) is 5.16 Å². The molecule has 0 atom stereocenters. The molecule has 0 radical (unpaired) electrons. The molecule has 5 heteroatoms. The summed E-state index contributed by atoms with van der Waals surface area (Å²) < 4.78 is 10.3. The normalized spacial score (nSPS) is 10.8. The van der Waals surface area contributed by atoms with Crippen molar-refractivity contribution in [2.45, 2.75) is 26.7 Å². The summed E-state index contributed by atoms with van der Waals surface area (Å²) in [7, 11) is 1.60. The molecule has 1 aromatic heterocycles. The van der Waals surface area contributed by atoms with Crippen LogP contribution in [0.5, 0.6) is 5.75 Å². The van der Waals surface area contributed by atoms with E-state index in [1.807, 2.05) is 19.1 Å². The van der Waals surface area contributed by atoms with E-state index >= 15 is 0 Å². The lowest BCUT2D eigenvalue weighted by atomic mass is 9.94. The van der Waals surface area contributed by atoms with Crippen molar-refractivity contribution in [3.63, 3.8) is 0 Å². The number of ether oxygens (including phenoxy) is 1. The smallest absolute Gasteiger partial charge is 0.374 e. The van der Waals surface area contributed by atoms with E-state index in [4.69, 9.17) is 14.4 Å². The molecule has 0 spiro atoms. The predicted molar refractivity (Wildman–Crippen MR) is 74.3 cm³/mol. The molecular formula is C15H17NO4. The number of carboxylic acid groups (broad SMARTS) is 1. The number of benzene rings is 1. The summed E-state index contributed by atoms with van der Waals surface area (Å²) in [4.78, 5) is 10.9. The highest BCUT2D eigenvalue weighted by Crippen LogP contribution is 2.38. The highest BCUT2D eigenvalue weighted by Gasteiger charge is 2.20. The van der Waals surface area contributed by atoms with Crippen LogP contribution >= 0.6 is 0 Å². The summed E-state index contributed by atoms with van der Waals surface area (Å²) in [5.41, 5.74) is 3.25. The second-order valence-electron chi connectivity index (χ2n) is 4.92. The fourth-order valence-corrected chi connectivity index (χ4v) is 2.18. The molecule has 0 aliphatic carbocycles. The van der Waals surface area contributed by atoms with Crippen LogP contribution in [0.1, 0.15) is 41.4 Å². The third-order valence-corrected chi connectivity index (χ3v) is 3.20. The summed E-state index contributed by atoms with van der Waals surface area (Å²) in [6.45, 7) is 6.07. The van der Waals surface area contributed by atoms with Crippen LogP contribution in [0.15, 0.2) is 22.7 Å². The zero-order valence-corrected chi connectivity index (χ0v) is 11.9. The number of hydrogen-bond acceptors (Lipinski definition) is 4. The number of aryl methyl sites for hydroxylation is 1. The van der Waals surface area contributed by atoms with Crippen molar-refractivity contribution in [1.29, 1.82) is 0 Å². The molecule has 0 unspecified atom stereocenters. The van der Waals surface area contributed by atoms with Crippen molar-refractivity contribution >= 4 is 5.97 Å². The van der Waals surface area contributed by atoms with E-state index in [0.717, 1.165) is 16.7 Å². The minimum atomic E-state index is -1.14. The topological polar surface area (TPSA) is 72.6 Å². The molecule has 5 nitrogen and oxygen atoms in total. The number of aromatic nitrogens is 1. The van der Waals surface area contributed by atoms with Crippen LogP contribution < -0.4 is 4.74 Å². The van der Waals surface area contributed by atoms with Gasteiger partial charge in [-0.15, -0.1) is 0 Å². The van der Waals surface area contributed by atoms with E-state index in [2.05, 4.69) is 19.0 Å². The zero-order chi connectivity index (χ0) is 14.9. The third-order valence-electron chi connectivity index (χ3n) is 3.20. The van der Waals surface area contributed by atoms with E-state index in [1.165, 1.54) is 6.07 Å². The highest BCUT2D eigenvalue weighted by molar-refractivity contribution is 5.86. The minimum Gasteiger partial charge on any atom is -0.496 e. The second kappa shape index (κ2) is 5.36. The van der Waals surface area contributed by atoms with Crippen LogP contribution in [0.25, 0.3) is 11.3 Å². The molecule has 0 saturated carbocycles. The molecule has 1 N–H and O–H groups in total. The number of carbonyl (C=O) groups is 1. The Morgan fingerprint density at radius 1 is 1.40 bits per heavy atom. The molecule has 20 heavy (non-hydrogen) atoms. The Hall–Kier alpha value is -2.30. The number of hydrogen-bond donors (Lipinski definition) is 1. The summed E-state index contributed by atoms with van der Waals surface area (Å²) in [5, 5.41) is 12.8. The summed E-state index contributed by atoms with van der Waals surface area (Å²) in [6.07, 6.45) is 0. The van der Waals surface area contributed by atoms with Crippen molar-refractivity contribution < 1.29 is 19.2 Å². The van der Waals surface area contributed by atoms with E-state index in [0.29, 0.717) is 11.4 Å². The van der Waals surface area contributed by atoms with E-state index in [-0.39, 0.29) is 11.7 Å². The number of rotatable bonds is 4. The van der Waals surface area contributed by atoms with Gasteiger partial charge in [-0.1, -0.05) is 31.1 Å². The lowest BCUT2D eigenvalue weighted by molar-refractivity contribution is 0.0652. The molecule has 2 aromatic rings. The van der Waals surface area contributed by atoms with Gasteiger partial charge in [0.2, 0.25) is 5.76 Å². The SMILES string of the molecule is COc1c(C(C)C)ccc(C)c1-c1cc(C(=O)O)on1. The summed E-state index contributed by atoms with van der Waals surface area (Å²) in [6, 6.07) is 5.40. The highest BCUT2D eigenvalue weighted by atomic mass is 16.5. The summed E-state index contributed by atoms with van der Waals surface area (Å²) >= 11 is 0. The van der Waals surface area contributed by atoms with Gasteiger partial charge in [-0.25, -0.2) is 4.79 Å². The maximum absolute atomic E-state index is 10.9. The van der Waals surface area contributed by atoms with Gasteiger partial charge in [-0.2, -0.15) is 0 Å². The Balaban J connectivity index is 2.65. The standard InChI is InChI=1S/C15H17NO4/c1-8(2)10-6-5-9(3)13(14(10)19-4)11-7-12(15(17)18)20-16-11/h5-8H,1-4H3,(H,17,18). The third kappa shape index (κ3) is 2.39. The molecule has 0 aliphatic rings. The van der Waals surface area contributed by atoms with E-state index in [1.54, 1.807) is 7.11 Å². The van der Waals surface area contributed by atoms with E-state index in [9.17, 15) is 4.79 Å². The summed E-state index contributed by atoms with van der Waals surface area (Å²) in [5.74, 6) is -0.322. The van der Waals surface area contributed by atoms with Crippen molar-refractivity contribution in [3.8, 4) is 17.0 Å². The van der Waals surface area contributed by atoms with Crippen molar-refractivity contribution in [3.05, 3.63) is 35.1 Å². The van der Waals surface area contributed by atoms with Gasteiger partial charge in [-0.05, 0) is 24.0 Å². The van der Waals surface area contributed by atoms with Gasteiger partial charge < -0.3 is 14.4 Å². The van der Waals surface area contributed by atoms with Crippen LogP contribution in [-0.4, -0.2) is 23.3 Å². The van der Waals surface area contributed by atoms with Crippen LogP contribution in [0, 0.1) is 6.92 Å². The Morgan fingerprint density at radius 2 is 2.10 bits per heavy atom. The van der Waals surface area contributed by atoms with Crippen molar-refractivity contribution in [2.24, 2.45) is 0 Å². The zero-order valence-electron chi connectivity index (χ0n) is 11.9. The molecule has 1 heterocycles. The number of methoxy groups -OCH3 is 1. The first-order valence-electron chi connectivity index (χ1n) is 6.33. The average Bonchev–Trinajstić information content (AvgIpc) is 2.87. The molecule has 106 valence electrons. The van der Waals surface area contributed by atoms with Crippen LogP contribution in [0.3, 0.4) is 0 Å². The fourth-order valence-electron chi connectivity index (χ4n) is 2.18. The molecule has 0 saturated heterocycles. The Labute approximate surface area is 117 Å². The minimum absolute atomic E-state index is 0.184. The molecule has 0 amide bonds. The molecule has 1 aromatic carbocycles. The monoisotopic (exact) mass is 275 g/mol. The van der Waals surface area contributed by atoms with E-state index < -0.39 is 5.97 Å². The lowest BCUT2D eigenvalue weighted by Crippen LogP contribution is -1.99. The number of aromatic carboxylic acids is 1. The first kappa shape index (κ1) is 14.1. The van der Waals surface area contributed by atoms with Gasteiger partial charge in [0.05, 0.1) is 7.11 Å². The molecule has 0 bridgehead atoms. The van der Waals surface area contributed by atoms with Crippen LogP contribution in [0.4, 0.5) is 0 Å². The first-order chi connectivity index (χ1) is 9.45. The van der Waals surface area contributed by atoms with Gasteiger partial charge in [0.15, 0.2) is 0 Å². The quantitative estimate of drug-likeness (QED) is 0.924.